The summed E-state index contributed by atoms with van der Waals surface area (Å²) < 4.78 is 9.87. The fraction of sp³-hybridized carbons (Fsp3) is 0.800. The summed E-state index contributed by atoms with van der Waals surface area (Å²) in [5, 5.41) is 2.69. The average molecular weight is 230 g/mol. The number of ether oxygens (including phenoxy) is 2. The van der Waals surface area contributed by atoms with E-state index in [0.29, 0.717) is 26.3 Å². The van der Waals surface area contributed by atoms with Crippen molar-refractivity contribution in [2.45, 2.75) is 6.92 Å². The number of carbonyl (C=O) groups excluding carboxylic acids is 2. The van der Waals surface area contributed by atoms with Gasteiger partial charge < -0.3 is 14.8 Å². The van der Waals surface area contributed by atoms with Crippen LogP contribution < -0.4 is 5.32 Å². The number of amides is 1. The first kappa shape index (κ1) is 12.9. The van der Waals surface area contributed by atoms with E-state index in [1.54, 1.807) is 0 Å². The minimum atomic E-state index is -0.331. The van der Waals surface area contributed by atoms with Gasteiger partial charge in [0.1, 0.15) is 6.61 Å². The molecule has 0 atom stereocenters. The monoisotopic (exact) mass is 230 g/mol. The molecule has 0 spiro atoms. The van der Waals surface area contributed by atoms with Crippen LogP contribution >= 0.6 is 0 Å². The molecule has 1 rings (SSSR count). The molecule has 0 aromatic carbocycles. The Kier molecular flexibility index (Phi) is 5.81. The Morgan fingerprint density at radius 1 is 1.38 bits per heavy atom. The summed E-state index contributed by atoms with van der Waals surface area (Å²) in [5.41, 5.74) is 0. The zero-order valence-corrected chi connectivity index (χ0v) is 9.53. The maximum Gasteiger partial charge on any atom is 0.302 e. The quantitative estimate of drug-likeness (QED) is 0.484. The van der Waals surface area contributed by atoms with Crippen molar-refractivity contribution in [3.63, 3.8) is 0 Å². The topological polar surface area (TPSA) is 67.9 Å². The summed E-state index contributed by atoms with van der Waals surface area (Å²) in [5.74, 6) is -0.378. The van der Waals surface area contributed by atoms with E-state index >= 15 is 0 Å². The molecule has 16 heavy (non-hydrogen) atoms. The van der Waals surface area contributed by atoms with Crippen molar-refractivity contribution in [1.29, 1.82) is 0 Å². The number of hydrogen-bond donors (Lipinski definition) is 1. The SMILES string of the molecule is CC(=O)OCCNC(=O)CN1CCOCC1. The molecule has 1 fully saturated rings. The largest absolute Gasteiger partial charge is 0.464 e. The van der Waals surface area contributed by atoms with Gasteiger partial charge in [-0.25, -0.2) is 0 Å². The number of esters is 1. The summed E-state index contributed by atoms with van der Waals surface area (Å²) >= 11 is 0. The number of carbonyl (C=O) groups is 2. The molecule has 0 aromatic heterocycles. The molecule has 6 heteroatoms. The lowest BCUT2D eigenvalue weighted by Crippen LogP contribution is -2.43. The van der Waals surface area contributed by atoms with E-state index in [9.17, 15) is 9.59 Å². The molecule has 1 heterocycles. The van der Waals surface area contributed by atoms with E-state index in [1.165, 1.54) is 6.92 Å². The lowest BCUT2D eigenvalue weighted by molar-refractivity contribution is -0.141. The van der Waals surface area contributed by atoms with E-state index in [0.717, 1.165) is 13.1 Å². The summed E-state index contributed by atoms with van der Waals surface area (Å²) in [7, 11) is 0. The maximum absolute atomic E-state index is 11.4. The fourth-order valence-electron chi connectivity index (χ4n) is 1.40. The van der Waals surface area contributed by atoms with Gasteiger partial charge in [-0.3, -0.25) is 14.5 Å². The second-order valence-electron chi connectivity index (χ2n) is 3.58. The van der Waals surface area contributed by atoms with Crippen molar-refractivity contribution in [1.82, 2.24) is 10.2 Å². The first-order valence-electron chi connectivity index (χ1n) is 5.38. The number of nitrogens with zero attached hydrogens (tertiary/aromatic N) is 1. The van der Waals surface area contributed by atoms with Crippen molar-refractivity contribution in [3.8, 4) is 0 Å². The molecule has 0 saturated carbocycles. The van der Waals surface area contributed by atoms with Gasteiger partial charge in [0.05, 0.1) is 26.3 Å². The predicted octanol–water partition coefficient (Wildman–Crippen LogP) is -1.00. The third-order valence-electron chi connectivity index (χ3n) is 2.20. The molecule has 0 radical (unpaired) electrons. The van der Waals surface area contributed by atoms with Crippen LogP contribution in [0.25, 0.3) is 0 Å². The van der Waals surface area contributed by atoms with Gasteiger partial charge in [-0.15, -0.1) is 0 Å². The van der Waals surface area contributed by atoms with Crippen LogP contribution in [0.4, 0.5) is 0 Å². The van der Waals surface area contributed by atoms with Gasteiger partial charge in [-0.1, -0.05) is 0 Å². The molecule has 0 aromatic rings. The van der Waals surface area contributed by atoms with Crippen LogP contribution in [-0.2, 0) is 19.1 Å². The minimum Gasteiger partial charge on any atom is -0.464 e. The molecule has 0 unspecified atom stereocenters. The Bertz CT molecular complexity index is 239. The number of hydrogen-bond acceptors (Lipinski definition) is 5. The number of morpholine rings is 1. The van der Waals surface area contributed by atoms with Gasteiger partial charge >= 0.3 is 5.97 Å². The third kappa shape index (κ3) is 5.67. The van der Waals surface area contributed by atoms with Crippen LogP contribution in [0.5, 0.6) is 0 Å². The molecular weight excluding hydrogens is 212 g/mol. The Morgan fingerprint density at radius 2 is 2.06 bits per heavy atom. The van der Waals surface area contributed by atoms with E-state index < -0.39 is 0 Å². The fourth-order valence-corrected chi connectivity index (χ4v) is 1.40. The van der Waals surface area contributed by atoms with Crippen molar-refractivity contribution >= 4 is 11.9 Å². The van der Waals surface area contributed by atoms with Crippen molar-refractivity contribution in [3.05, 3.63) is 0 Å². The molecule has 0 aliphatic carbocycles. The lowest BCUT2D eigenvalue weighted by Gasteiger charge is -2.25. The molecule has 6 nitrogen and oxygen atoms in total. The highest BCUT2D eigenvalue weighted by Crippen LogP contribution is 1.95. The summed E-state index contributed by atoms with van der Waals surface area (Å²) in [6.45, 7) is 5.25. The van der Waals surface area contributed by atoms with Crippen molar-refractivity contribution in [2.24, 2.45) is 0 Å². The Balaban J connectivity index is 2.03. The highest BCUT2D eigenvalue weighted by molar-refractivity contribution is 5.78. The number of rotatable bonds is 5. The van der Waals surface area contributed by atoms with Crippen LogP contribution in [0.15, 0.2) is 0 Å². The zero-order chi connectivity index (χ0) is 11.8. The average Bonchev–Trinajstić information content (AvgIpc) is 2.25. The first-order chi connectivity index (χ1) is 7.68. The van der Waals surface area contributed by atoms with Crippen LogP contribution in [-0.4, -0.2) is 62.8 Å². The maximum atomic E-state index is 11.4. The van der Waals surface area contributed by atoms with E-state index in [4.69, 9.17) is 9.47 Å². The van der Waals surface area contributed by atoms with Crippen LogP contribution in [0.2, 0.25) is 0 Å². The highest BCUT2D eigenvalue weighted by Gasteiger charge is 2.13. The van der Waals surface area contributed by atoms with Gasteiger partial charge in [-0.2, -0.15) is 0 Å². The molecule has 1 aliphatic heterocycles. The van der Waals surface area contributed by atoms with E-state index in [1.807, 2.05) is 4.90 Å². The summed E-state index contributed by atoms with van der Waals surface area (Å²) in [6, 6.07) is 0. The molecule has 1 amide bonds. The normalized spacial score (nSPS) is 16.8. The second-order valence-corrected chi connectivity index (χ2v) is 3.58. The number of nitrogens with one attached hydrogen (secondary N) is 1. The van der Waals surface area contributed by atoms with Crippen LogP contribution in [0, 0.1) is 0 Å². The molecular formula is C10H18N2O4. The van der Waals surface area contributed by atoms with Crippen LogP contribution in [0.3, 0.4) is 0 Å². The van der Waals surface area contributed by atoms with Gasteiger partial charge in [0.2, 0.25) is 5.91 Å². The minimum absolute atomic E-state index is 0.0472. The lowest BCUT2D eigenvalue weighted by atomic mass is 10.4. The Labute approximate surface area is 94.9 Å². The van der Waals surface area contributed by atoms with Gasteiger partial charge in [0.15, 0.2) is 0 Å². The standard InChI is InChI=1S/C10H18N2O4/c1-9(13)16-5-2-11-10(14)8-12-3-6-15-7-4-12/h2-8H2,1H3,(H,11,14). The second kappa shape index (κ2) is 7.19. The molecule has 1 saturated heterocycles. The molecule has 1 N–H and O–H groups in total. The first-order valence-corrected chi connectivity index (χ1v) is 5.38. The molecule has 1 aliphatic rings. The van der Waals surface area contributed by atoms with Gasteiger partial charge in [-0.05, 0) is 0 Å². The van der Waals surface area contributed by atoms with Crippen molar-refractivity contribution < 1.29 is 19.1 Å². The Hall–Kier alpha value is -1.14. The molecule has 0 bridgehead atoms. The summed E-state index contributed by atoms with van der Waals surface area (Å²) in [4.78, 5) is 23.9. The zero-order valence-electron chi connectivity index (χ0n) is 9.53. The Morgan fingerprint density at radius 3 is 2.69 bits per heavy atom. The van der Waals surface area contributed by atoms with Gasteiger partial charge in [0, 0.05) is 20.0 Å². The predicted molar refractivity (Wildman–Crippen MR) is 56.9 cm³/mol. The smallest absolute Gasteiger partial charge is 0.302 e. The van der Waals surface area contributed by atoms with Crippen LogP contribution in [0.1, 0.15) is 6.92 Å². The molecule has 92 valence electrons. The highest BCUT2D eigenvalue weighted by atomic mass is 16.5. The van der Waals surface area contributed by atoms with E-state index in [-0.39, 0.29) is 18.5 Å². The van der Waals surface area contributed by atoms with E-state index in [2.05, 4.69) is 5.32 Å². The summed E-state index contributed by atoms with van der Waals surface area (Å²) in [6.07, 6.45) is 0. The third-order valence-corrected chi connectivity index (χ3v) is 2.20. The van der Waals surface area contributed by atoms with Crippen molar-refractivity contribution in [2.75, 3.05) is 46.0 Å². The van der Waals surface area contributed by atoms with Gasteiger partial charge in [0.25, 0.3) is 0 Å².